The fraction of sp³-hybridized carbons (Fsp3) is 0.455. The minimum Gasteiger partial charge on any atom is -0.489 e. The van der Waals surface area contributed by atoms with E-state index in [0.29, 0.717) is 17.7 Å². The maximum Gasteiger partial charge on any atom is 0.141 e. The zero-order valence-electron chi connectivity index (χ0n) is 8.17. The molecule has 0 unspecified atom stereocenters. The summed E-state index contributed by atoms with van der Waals surface area (Å²) in [5, 5.41) is 9.14. The number of benzene rings is 1. The second-order valence-electron chi connectivity index (χ2n) is 3.67. The van der Waals surface area contributed by atoms with E-state index in [9.17, 15) is 4.39 Å². The third-order valence-corrected chi connectivity index (χ3v) is 2.56. The number of halogens is 2. The molecule has 1 aliphatic rings. The minimum absolute atomic E-state index is 0.0409. The van der Waals surface area contributed by atoms with Gasteiger partial charge in [0.25, 0.3) is 0 Å². The number of rotatable bonds is 4. The standard InChI is InChI=1S/C11H12ClFO2/c12-10-6-8(13)5-7(3-4-14)11(10)15-9-1-2-9/h5-6,9,14H,1-4H2. The van der Waals surface area contributed by atoms with E-state index in [1.807, 2.05) is 0 Å². The van der Waals surface area contributed by atoms with Gasteiger partial charge in [-0.25, -0.2) is 4.39 Å². The van der Waals surface area contributed by atoms with Crippen molar-refractivity contribution in [3.8, 4) is 5.75 Å². The van der Waals surface area contributed by atoms with Gasteiger partial charge in [-0.15, -0.1) is 0 Å². The monoisotopic (exact) mass is 230 g/mol. The van der Waals surface area contributed by atoms with Crippen LogP contribution in [0.5, 0.6) is 5.75 Å². The molecule has 0 amide bonds. The predicted octanol–water partition coefficient (Wildman–Crippen LogP) is 2.56. The summed E-state index contributed by atoms with van der Waals surface area (Å²) in [6.07, 6.45) is 2.61. The molecule has 1 aromatic carbocycles. The van der Waals surface area contributed by atoms with Crippen LogP contribution in [0.4, 0.5) is 4.39 Å². The van der Waals surface area contributed by atoms with Crippen LogP contribution >= 0.6 is 11.6 Å². The molecule has 0 heterocycles. The van der Waals surface area contributed by atoms with E-state index in [1.165, 1.54) is 12.1 Å². The molecular formula is C11H12ClFO2. The third-order valence-electron chi connectivity index (χ3n) is 2.28. The summed E-state index contributed by atoms with van der Waals surface area (Å²) < 4.78 is 18.6. The zero-order chi connectivity index (χ0) is 10.8. The molecule has 4 heteroatoms. The fourth-order valence-electron chi connectivity index (χ4n) is 1.40. The van der Waals surface area contributed by atoms with Crippen LogP contribution in [-0.2, 0) is 6.42 Å². The van der Waals surface area contributed by atoms with Crippen molar-refractivity contribution in [2.24, 2.45) is 0 Å². The van der Waals surface area contributed by atoms with Gasteiger partial charge in [-0.3, -0.25) is 0 Å². The van der Waals surface area contributed by atoms with Crippen molar-refractivity contribution in [3.05, 3.63) is 28.5 Å². The lowest BCUT2D eigenvalue weighted by atomic mass is 10.1. The summed E-state index contributed by atoms with van der Waals surface area (Å²) in [5.41, 5.74) is 0.634. The van der Waals surface area contributed by atoms with Gasteiger partial charge >= 0.3 is 0 Å². The van der Waals surface area contributed by atoms with Gasteiger partial charge in [0.1, 0.15) is 11.6 Å². The summed E-state index contributed by atoms with van der Waals surface area (Å²) in [7, 11) is 0. The Morgan fingerprint density at radius 2 is 2.20 bits per heavy atom. The smallest absolute Gasteiger partial charge is 0.141 e. The molecule has 1 aromatic rings. The summed E-state index contributed by atoms with van der Waals surface area (Å²) >= 11 is 5.90. The Labute approximate surface area is 92.6 Å². The Morgan fingerprint density at radius 3 is 2.80 bits per heavy atom. The number of ether oxygens (including phenoxy) is 1. The fourth-order valence-corrected chi connectivity index (χ4v) is 1.67. The molecule has 1 fully saturated rings. The summed E-state index contributed by atoms with van der Waals surface area (Å²) in [4.78, 5) is 0. The Hall–Kier alpha value is -0.800. The number of hydrogen-bond acceptors (Lipinski definition) is 2. The summed E-state index contributed by atoms with van der Waals surface area (Å²) in [6.45, 7) is -0.0409. The lowest BCUT2D eigenvalue weighted by Gasteiger charge is -2.12. The largest absolute Gasteiger partial charge is 0.489 e. The van der Waals surface area contributed by atoms with Gasteiger partial charge in [0.2, 0.25) is 0 Å². The molecule has 1 saturated carbocycles. The van der Waals surface area contributed by atoms with Crippen LogP contribution in [0.3, 0.4) is 0 Å². The van der Waals surface area contributed by atoms with Gasteiger partial charge in [-0.1, -0.05) is 11.6 Å². The van der Waals surface area contributed by atoms with E-state index >= 15 is 0 Å². The Bertz CT molecular complexity index is 364. The van der Waals surface area contributed by atoms with Gasteiger partial charge in [-0.2, -0.15) is 0 Å². The number of hydrogen-bond donors (Lipinski definition) is 1. The van der Waals surface area contributed by atoms with E-state index in [2.05, 4.69) is 0 Å². The average Bonchev–Trinajstić information content (AvgIpc) is 2.95. The molecule has 0 spiro atoms. The summed E-state index contributed by atoms with van der Waals surface area (Å²) in [5.74, 6) is 0.126. The predicted molar refractivity (Wildman–Crippen MR) is 55.8 cm³/mol. The van der Waals surface area contributed by atoms with Gasteiger partial charge in [0.15, 0.2) is 0 Å². The van der Waals surface area contributed by atoms with Crippen LogP contribution in [0.1, 0.15) is 18.4 Å². The van der Waals surface area contributed by atoms with Crippen molar-refractivity contribution in [1.29, 1.82) is 0 Å². The average molecular weight is 231 g/mol. The normalized spacial score (nSPS) is 15.4. The molecule has 1 N–H and O–H groups in total. The minimum atomic E-state index is -0.397. The van der Waals surface area contributed by atoms with Gasteiger partial charge in [0, 0.05) is 12.2 Å². The highest BCUT2D eigenvalue weighted by Crippen LogP contribution is 2.35. The van der Waals surface area contributed by atoms with Crippen LogP contribution in [-0.4, -0.2) is 17.8 Å². The van der Waals surface area contributed by atoms with Crippen molar-refractivity contribution in [2.75, 3.05) is 6.61 Å². The SMILES string of the molecule is OCCc1cc(F)cc(Cl)c1OC1CC1. The first-order chi connectivity index (χ1) is 7.20. The molecule has 0 aliphatic heterocycles. The Morgan fingerprint density at radius 1 is 1.47 bits per heavy atom. The van der Waals surface area contributed by atoms with Crippen LogP contribution < -0.4 is 4.74 Å². The molecule has 0 saturated heterocycles. The molecule has 0 aromatic heterocycles. The van der Waals surface area contributed by atoms with Crippen LogP contribution in [0.2, 0.25) is 5.02 Å². The van der Waals surface area contributed by atoms with Crippen molar-refractivity contribution in [3.63, 3.8) is 0 Å². The first kappa shape index (κ1) is 10.7. The quantitative estimate of drug-likeness (QED) is 0.862. The van der Waals surface area contributed by atoms with E-state index in [0.717, 1.165) is 12.8 Å². The van der Waals surface area contributed by atoms with Crippen LogP contribution in [0, 0.1) is 5.82 Å². The summed E-state index contributed by atoms with van der Waals surface area (Å²) in [6, 6.07) is 2.60. The molecule has 0 atom stereocenters. The topological polar surface area (TPSA) is 29.5 Å². The molecule has 0 radical (unpaired) electrons. The Kier molecular flexibility index (Phi) is 3.12. The zero-order valence-corrected chi connectivity index (χ0v) is 8.93. The van der Waals surface area contributed by atoms with Crippen molar-refractivity contribution in [1.82, 2.24) is 0 Å². The highest BCUT2D eigenvalue weighted by molar-refractivity contribution is 6.32. The lowest BCUT2D eigenvalue weighted by Crippen LogP contribution is -2.03. The van der Waals surface area contributed by atoms with Crippen LogP contribution in [0.15, 0.2) is 12.1 Å². The van der Waals surface area contributed by atoms with Gasteiger partial charge in [0.05, 0.1) is 11.1 Å². The Balaban J connectivity index is 2.29. The van der Waals surface area contributed by atoms with Crippen molar-refractivity contribution in [2.45, 2.75) is 25.4 Å². The second-order valence-corrected chi connectivity index (χ2v) is 4.07. The van der Waals surface area contributed by atoms with Crippen molar-refractivity contribution < 1.29 is 14.2 Å². The van der Waals surface area contributed by atoms with E-state index in [1.54, 1.807) is 0 Å². The molecule has 2 rings (SSSR count). The van der Waals surface area contributed by atoms with E-state index < -0.39 is 5.82 Å². The lowest BCUT2D eigenvalue weighted by molar-refractivity contribution is 0.282. The second kappa shape index (κ2) is 4.37. The maximum atomic E-state index is 13.1. The van der Waals surface area contributed by atoms with E-state index in [4.69, 9.17) is 21.4 Å². The highest BCUT2D eigenvalue weighted by Gasteiger charge is 2.25. The number of aliphatic hydroxyl groups excluding tert-OH is 1. The molecular weight excluding hydrogens is 219 g/mol. The van der Waals surface area contributed by atoms with Gasteiger partial charge in [-0.05, 0) is 31.4 Å². The van der Waals surface area contributed by atoms with Crippen LogP contribution in [0.25, 0.3) is 0 Å². The first-order valence-electron chi connectivity index (χ1n) is 4.96. The maximum absolute atomic E-state index is 13.1. The molecule has 15 heavy (non-hydrogen) atoms. The molecule has 1 aliphatic carbocycles. The molecule has 2 nitrogen and oxygen atoms in total. The third kappa shape index (κ3) is 2.61. The highest BCUT2D eigenvalue weighted by atomic mass is 35.5. The van der Waals surface area contributed by atoms with E-state index in [-0.39, 0.29) is 17.7 Å². The first-order valence-corrected chi connectivity index (χ1v) is 5.34. The van der Waals surface area contributed by atoms with Crippen molar-refractivity contribution >= 4 is 11.6 Å². The number of aliphatic hydroxyl groups is 1. The molecule has 82 valence electrons. The molecule has 0 bridgehead atoms. The van der Waals surface area contributed by atoms with Gasteiger partial charge < -0.3 is 9.84 Å².